The molecule has 0 saturated heterocycles. The van der Waals surface area contributed by atoms with Crippen LogP contribution >= 0.6 is 23.2 Å². The first-order chi connectivity index (χ1) is 12.0. The van der Waals surface area contributed by atoms with Crippen LogP contribution in [0.25, 0.3) is 11.0 Å². The molecule has 0 aliphatic carbocycles. The number of nitrogens with one attached hydrogen (secondary N) is 1. The van der Waals surface area contributed by atoms with Gasteiger partial charge in [0.05, 0.1) is 34.7 Å². The van der Waals surface area contributed by atoms with Crippen LogP contribution in [-0.2, 0) is 13.1 Å². The number of para-hydroxylation sites is 2. The van der Waals surface area contributed by atoms with Gasteiger partial charge in [-0.3, -0.25) is 4.79 Å². The third-order valence-electron chi connectivity index (χ3n) is 3.92. The van der Waals surface area contributed by atoms with E-state index in [1.807, 2.05) is 31.2 Å². The van der Waals surface area contributed by atoms with Gasteiger partial charge < -0.3 is 14.6 Å². The molecule has 0 fully saturated rings. The topological polar surface area (TPSA) is 56.2 Å². The Morgan fingerprint density at radius 1 is 1.24 bits per heavy atom. The highest BCUT2D eigenvalue weighted by atomic mass is 35.5. The first-order valence-electron chi connectivity index (χ1n) is 7.80. The lowest BCUT2D eigenvalue weighted by molar-refractivity contribution is 0.0949. The fraction of sp³-hybridized carbons (Fsp3) is 0.222. The number of nitrogens with zero attached hydrogens (tertiary/aromatic N) is 2. The second kappa shape index (κ2) is 7.33. The number of rotatable bonds is 5. The maximum Gasteiger partial charge on any atom is 0.251 e. The number of halogens is 2. The highest BCUT2D eigenvalue weighted by Gasteiger charge is 2.15. The highest BCUT2D eigenvalue weighted by molar-refractivity contribution is 6.37. The molecule has 25 heavy (non-hydrogen) atoms. The normalized spacial score (nSPS) is 10.9. The van der Waals surface area contributed by atoms with Gasteiger partial charge in [-0.15, -0.1) is 0 Å². The van der Waals surface area contributed by atoms with Crippen molar-refractivity contribution in [2.75, 3.05) is 7.11 Å². The monoisotopic (exact) mass is 377 g/mol. The number of imidazole rings is 1. The summed E-state index contributed by atoms with van der Waals surface area (Å²) in [6.45, 7) is 3.12. The van der Waals surface area contributed by atoms with E-state index in [9.17, 15) is 4.79 Å². The molecule has 0 spiro atoms. The number of methoxy groups -OCH3 is 1. The molecule has 7 heteroatoms. The quantitative estimate of drug-likeness (QED) is 0.720. The molecule has 0 radical (unpaired) electrons. The Bertz CT molecular complexity index is 914. The van der Waals surface area contributed by atoms with Gasteiger partial charge in [0.15, 0.2) is 5.75 Å². The molecule has 3 aromatic rings. The minimum Gasteiger partial charge on any atom is -0.494 e. The molecule has 0 aliphatic heterocycles. The van der Waals surface area contributed by atoms with Gasteiger partial charge in [0, 0.05) is 12.1 Å². The Labute approximate surface area is 155 Å². The Morgan fingerprint density at radius 2 is 1.92 bits per heavy atom. The van der Waals surface area contributed by atoms with E-state index in [0.717, 1.165) is 23.4 Å². The Kier molecular flexibility index (Phi) is 5.16. The largest absolute Gasteiger partial charge is 0.494 e. The number of hydrogen-bond acceptors (Lipinski definition) is 3. The van der Waals surface area contributed by atoms with Gasteiger partial charge in [0.2, 0.25) is 0 Å². The van der Waals surface area contributed by atoms with Crippen molar-refractivity contribution in [3.63, 3.8) is 0 Å². The fourth-order valence-electron chi connectivity index (χ4n) is 2.76. The van der Waals surface area contributed by atoms with Crippen LogP contribution < -0.4 is 10.1 Å². The van der Waals surface area contributed by atoms with Crippen molar-refractivity contribution in [2.24, 2.45) is 0 Å². The summed E-state index contributed by atoms with van der Waals surface area (Å²) < 4.78 is 7.17. The van der Waals surface area contributed by atoms with Gasteiger partial charge in [0.25, 0.3) is 5.91 Å². The fourth-order valence-corrected chi connectivity index (χ4v) is 3.40. The van der Waals surface area contributed by atoms with E-state index in [-0.39, 0.29) is 5.91 Å². The molecule has 0 saturated carbocycles. The average molecular weight is 378 g/mol. The van der Waals surface area contributed by atoms with E-state index < -0.39 is 0 Å². The van der Waals surface area contributed by atoms with Gasteiger partial charge in [0.1, 0.15) is 5.82 Å². The lowest BCUT2D eigenvalue weighted by Gasteiger charge is -2.10. The van der Waals surface area contributed by atoms with Gasteiger partial charge in [-0.05, 0) is 31.2 Å². The van der Waals surface area contributed by atoms with Crippen LogP contribution in [0.2, 0.25) is 10.0 Å². The molecule has 1 aromatic heterocycles. The zero-order chi connectivity index (χ0) is 18.0. The predicted octanol–water partition coefficient (Wildman–Crippen LogP) is 4.30. The maximum atomic E-state index is 12.4. The number of carbonyl (C=O) groups is 1. The second-order valence-electron chi connectivity index (χ2n) is 5.42. The van der Waals surface area contributed by atoms with Crippen LogP contribution in [0.4, 0.5) is 0 Å². The molecule has 0 atom stereocenters. The first kappa shape index (κ1) is 17.6. The summed E-state index contributed by atoms with van der Waals surface area (Å²) in [7, 11) is 1.47. The Morgan fingerprint density at radius 3 is 2.56 bits per heavy atom. The molecule has 1 N–H and O–H groups in total. The second-order valence-corrected chi connectivity index (χ2v) is 6.23. The van der Waals surface area contributed by atoms with E-state index in [4.69, 9.17) is 27.9 Å². The minimum absolute atomic E-state index is 0.277. The summed E-state index contributed by atoms with van der Waals surface area (Å²) in [5, 5.41) is 3.45. The van der Waals surface area contributed by atoms with E-state index in [1.165, 1.54) is 19.2 Å². The van der Waals surface area contributed by atoms with Crippen LogP contribution in [0.3, 0.4) is 0 Å². The molecule has 1 heterocycles. The number of fused-ring (bicyclic) bond motifs is 1. The van der Waals surface area contributed by atoms with Gasteiger partial charge >= 0.3 is 0 Å². The standard InChI is InChI=1S/C18H17Cl2N3O2/c1-3-23-15-7-5-4-6-14(15)22-16(23)10-21-18(24)11-8-12(19)17(25-2)13(20)9-11/h4-9H,3,10H2,1-2H3,(H,21,24). The molecule has 2 aromatic carbocycles. The van der Waals surface area contributed by atoms with Crippen molar-refractivity contribution < 1.29 is 9.53 Å². The molecular formula is C18H17Cl2N3O2. The molecule has 3 rings (SSSR count). The number of hydrogen-bond donors (Lipinski definition) is 1. The molecule has 0 unspecified atom stereocenters. The zero-order valence-corrected chi connectivity index (χ0v) is 15.4. The number of amides is 1. The van der Waals surface area contributed by atoms with Crippen LogP contribution in [0.1, 0.15) is 23.1 Å². The van der Waals surface area contributed by atoms with Crippen molar-refractivity contribution in [1.82, 2.24) is 14.9 Å². The molecule has 0 bridgehead atoms. The van der Waals surface area contributed by atoms with Crippen molar-refractivity contribution in [1.29, 1.82) is 0 Å². The molecule has 1 amide bonds. The van der Waals surface area contributed by atoms with Gasteiger partial charge in [-0.25, -0.2) is 4.98 Å². The van der Waals surface area contributed by atoms with E-state index in [2.05, 4.69) is 14.9 Å². The molecule has 5 nitrogen and oxygen atoms in total. The Balaban J connectivity index is 1.81. The number of benzene rings is 2. The van der Waals surface area contributed by atoms with Gasteiger partial charge in [-0.1, -0.05) is 35.3 Å². The summed E-state index contributed by atoms with van der Waals surface area (Å²) in [5.74, 6) is 0.872. The van der Waals surface area contributed by atoms with Crippen molar-refractivity contribution in [3.8, 4) is 5.75 Å². The zero-order valence-electron chi connectivity index (χ0n) is 13.8. The third-order valence-corrected chi connectivity index (χ3v) is 4.48. The first-order valence-corrected chi connectivity index (χ1v) is 8.56. The van der Waals surface area contributed by atoms with Crippen LogP contribution in [-0.4, -0.2) is 22.6 Å². The van der Waals surface area contributed by atoms with Crippen molar-refractivity contribution in [3.05, 3.63) is 57.8 Å². The van der Waals surface area contributed by atoms with Crippen LogP contribution in [0, 0.1) is 0 Å². The molecular weight excluding hydrogens is 361 g/mol. The van der Waals surface area contributed by atoms with E-state index in [0.29, 0.717) is 27.9 Å². The number of carbonyl (C=O) groups excluding carboxylic acids is 1. The highest BCUT2D eigenvalue weighted by Crippen LogP contribution is 2.33. The summed E-state index contributed by atoms with van der Waals surface area (Å²) in [6, 6.07) is 10.9. The summed E-state index contributed by atoms with van der Waals surface area (Å²) >= 11 is 12.2. The lowest BCUT2D eigenvalue weighted by Crippen LogP contribution is -2.24. The summed E-state index contributed by atoms with van der Waals surface area (Å²) in [5.41, 5.74) is 2.32. The smallest absolute Gasteiger partial charge is 0.251 e. The molecule has 0 aliphatic rings. The van der Waals surface area contributed by atoms with Crippen LogP contribution in [0.5, 0.6) is 5.75 Å². The van der Waals surface area contributed by atoms with Gasteiger partial charge in [-0.2, -0.15) is 0 Å². The minimum atomic E-state index is -0.277. The predicted molar refractivity (Wildman–Crippen MR) is 99.6 cm³/mol. The Hall–Kier alpha value is -2.24. The van der Waals surface area contributed by atoms with Crippen LogP contribution in [0.15, 0.2) is 36.4 Å². The van der Waals surface area contributed by atoms with E-state index in [1.54, 1.807) is 0 Å². The maximum absolute atomic E-state index is 12.4. The lowest BCUT2D eigenvalue weighted by atomic mass is 10.2. The van der Waals surface area contributed by atoms with E-state index >= 15 is 0 Å². The third kappa shape index (κ3) is 3.43. The average Bonchev–Trinajstić information content (AvgIpc) is 2.96. The SMILES string of the molecule is CCn1c(CNC(=O)c2cc(Cl)c(OC)c(Cl)c2)nc2ccccc21. The number of aromatic nitrogens is 2. The summed E-state index contributed by atoms with van der Waals surface area (Å²) in [6.07, 6.45) is 0. The number of ether oxygens (including phenoxy) is 1. The summed E-state index contributed by atoms with van der Waals surface area (Å²) in [4.78, 5) is 17.0. The van der Waals surface area contributed by atoms with Crippen molar-refractivity contribution in [2.45, 2.75) is 20.0 Å². The number of aryl methyl sites for hydroxylation is 1. The van der Waals surface area contributed by atoms with Crippen molar-refractivity contribution >= 4 is 40.1 Å². The molecule has 130 valence electrons.